The lowest BCUT2D eigenvalue weighted by molar-refractivity contribution is -0.138. The Hall–Kier alpha value is -2.15. The Morgan fingerprint density at radius 1 is 1.33 bits per heavy atom. The number of hydrogen-bond acceptors (Lipinski definition) is 4. The summed E-state index contributed by atoms with van der Waals surface area (Å²) < 4.78 is 36.8. The van der Waals surface area contributed by atoms with Gasteiger partial charge in [0.25, 0.3) is 0 Å². The van der Waals surface area contributed by atoms with Crippen molar-refractivity contribution in [3.8, 4) is 12.1 Å². The molecule has 0 radical (unpaired) electrons. The summed E-state index contributed by atoms with van der Waals surface area (Å²) in [5.41, 5.74) is -1.95. The first kappa shape index (κ1) is 10.9. The SMILES string of the molecule is N#CCc1ncc(C(F)(F)F)c(C#N)n1. The van der Waals surface area contributed by atoms with E-state index in [-0.39, 0.29) is 12.2 Å². The molecule has 1 aromatic heterocycles. The summed E-state index contributed by atoms with van der Waals surface area (Å²) in [6, 6.07) is 3.00. The minimum atomic E-state index is -4.66. The van der Waals surface area contributed by atoms with Crippen LogP contribution >= 0.6 is 0 Å². The summed E-state index contributed by atoms with van der Waals surface area (Å²) in [7, 11) is 0. The van der Waals surface area contributed by atoms with Crippen LogP contribution in [0.1, 0.15) is 17.1 Å². The molecule has 15 heavy (non-hydrogen) atoms. The third-order valence-electron chi connectivity index (χ3n) is 1.49. The average molecular weight is 212 g/mol. The number of alkyl halides is 3. The third kappa shape index (κ3) is 2.41. The van der Waals surface area contributed by atoms with Crippen molar-refractivity contribution in [3.05, 3.63) is 23.3 Å². The Morgan fingerprint density at radius 2 is 2.00 bits per heavy atom. The standard InChI is InChI=1S/C8H3F3N4/c9-8(10,11)5-4-14-7(1-2-12)15-6(5)3-13/h4H,1H2. The van der Waals surface area contributed by atoms with Gasteiger partial charge in [-0.3, -0.25) is 0 Å². The molecule has 0 bridgehead atoms. The Kier molecular flexibility index (Phi) is 2.86. The maximum Gasteiger partial charge on any atom is 0.420 e. The molecule has 0 fully saturated rings. The van der Waals surface area contributed by atoms with Crippen LogP contribution in [0.2, 0.25) is 0 Å². The number of nitrogens with zero attached hydrogens (tertiary/aromatic N) is 4. The van der Waals surface area contributed by atoms with E-state index in [9.17, 15) is 13.2 Å². The first-order valence-corrected chi connectivity index (χ1v) is 3.69. The van der Waals surface area contributed by atoms with E-state index >= 15 is 0 Å². The molecule has 0 amide bonds. The van der Waals surface area contributed by atoms with Crippen LogP contribution in [-0.2, 0) is 12.6 Å². The molecule has 0 aliphatic carbocycles. The number of nitriles is 2. The molecular weight excluding hydrogens is 209 g/mol. The Bertz CT molecular complexity index is 452. The van der Waals surface area contributed by atoms with E-state index in [2.05, 4.69) is 9.97 Å². The zero-order valence-electron chi connectivity index (χ0n) is 7.21. The second kappa shape index (κ2) is 3.93. The first-order chi connectivity index (χ1) is 6.99. The van der Waals surface area contributed by atoms with Gasteiger partial charge >= 0.3 is 6.18 Å². The minimum absolute atomic E-state index is 0.0953. The molecule has 4 nitrogen and oxygen atoms in total. The van der Waals surface area contributed by atoms with E-state index < -0.39 is 17.4 Å². The Balaban J connectivity index is 3.24. The predicted octanol–water partition coefficient (Wildman–Crippen LogP) is 1.43. The van der Waals surface area contributed by atoms with Crippen molar-refractivity contribution < 1.29 is 13.2 Å². The van der Waals surface area contributed by atoms with Gasteiger partial charge in [0.05, 0.1) is 12.5 Å². The van der Waals surface area contributed by atoms with Crippen LogP contribution in [0.15, 0.2) is 6.20 Å². The second-order valence-corrected chi connectivity index (χ2v) is 2.49. The average Bonchev–Trinajstić information content (AvgIpc) is 2.16. The van der Waals surface area contributed by atoms with E-state index in [0.29, 0.717) is 6.20 Å². The number of rotatable bonds is 1. The second-order valence-electron chi connectivity index (χ2n) is 2.49. The monoisotopic (exact) mass is 212 g/mol. The van der Waals surface area contributed by atoms with Gasteiger partial charge in [0.15, 0.2) is 5.69 Å². The fourth-order valence-electron chi connectivity index (χ4n) is 0.867. The highest BCUT2D eigenvalue weighted by Crippen LogP contribution is 2.30. The molecule has 0 atom stereocenters. The zero-order chi connectivity index (χ0) is 11.5. The molecule has 0 saturated carbocycles. The molecule has 0 aliphatic heterocycles. The molecule has 0 saturated heterocycles. The molecule has 0 N–H and O–H groups in total. The van der Waals surface area contributed by atoms with Crippen molar-refractivity contribution in [2.75, 3.05) is 0 Å². The number of halogens is 3. The Morgan fingerprint density at radius 3 is 2.47 bits per heavy atom. The van der Waals surface area contributed by atoms with E-state index in [1.807, 2.05) is 0 Å². The molecule has 1 heterocycles. The summed E-state index contributed by atoms with van der Waals surface area (Å²) >= 11 is 0. The Labute approximate surface area is 82.6 Å². The molecule has 0 unspecified atom stereocenters. The molecule has 76 valence electrons. The predicted molar refractivity (Wildman–Crippen MR) is 41.1 cm³/mol. The molecule has 0 aliphatic rings. The van der Waals surface area contributed by atoms with Gasteiger partial charge in [0.2, 0.25) is 0 Å². The van der Waals surface area contributed by atoms with Crippen LogP contribution < -0.4 is 0 Å². The van der Waals surface area contributed by atoms with Gasteiger partial charge in [-0.15, -0.1) is 0 Å². The topological polar surface area (TPSA) is 73.4 Å². The quantitative estimate of drug-likeness (QED) is 0.705. The highest BCUT2D eigenvalue weighted by atomic mass is 19.4. The molecule has 0 aromatic carbocycles. The van der Waals surface area contributed by atoms with Gasteiger partial charge in [-0.1, -0.05) is 0 Å². The highest BCUT2D eigenvalue weighted by Gasteiger charge is 2.35. The van der Waals surface area contributed by atoms with E-state index in [4.69, 9.17) is 10.5 Å². The lowest BCUT2D eigenvalue weighted by Crippen LogP contribution is -2.11. The minimum Gasteiger partial charge on any atom is -0.240 e. The van der Waals surface area contributed by atoms with Crippen LogP contribution in [0.25, 0.3) is 0 Å². The highest BCUT2D eigenvalue weighted by molar-refractivity contribution is 5.31. The van der Waals surface area contributed by atoms with Crippen LogP contribution in [0.5, 0.6) is 0 Å². The van der Waals surface area contributed by atoms with Crippen LogP contribution in [0.3, 0.4) is 0 Å². The van der Waals surface area contributed by atoms with Gasteiger partial charge in [-0.25, -0.2) is 9.97 Å². The van der Waals surface area contributed by atoms with Crippen LogP contribution in [0.4, 0.5) is 13.2 Å². The summed E-state index contributed by atoms with van der Waals surface area (Å²) in [5, 5.41) is 16.7. The van der Waals surface area contributed by atoms with Crippen molar-refractivity contribution in [2.24, 2.45) is 0 Å². The zero-order valence-corrected chi connectivity index (χ0v) is 7.21. The van der Waals surface area contributed by atoms with E-state index in [0.717, 1.165) is 0 Å². The van der Waals surface area contributed by atoms with Gasteiger partial charge in [0, 0.05) is 6.20 Å². The van der Waals surface area contributed by atoms with Crippen molar-refractivity contribution in [1.29, 1.82) is 10.5 Å². The molecule has 1 aromatic rings. The maximum absolute atomic E-state index is 12.3. The van der Waals surface area contributed by atoms with Crippen molar-refractivity contribution in [3.63, 3.8) is 0 Å². The molecular formula is C8H3F3N4. The lowest BCUT2D eigenvalue weighted by Gasteiger charge is -2.07. The van der Waals surface area contributed by atoms with Gasteiger partial charge in [0.1, 0.15) is 17.5 Å². The van der Waals surface area contributed by atoms with E-state index in [1.54, 1.807) is 6.07 Å². The van der Waals surface area contributed by atoms with Crippen LogP contribution in [-0.4, -0.2) is 9.97 Å². The van der Waals surface area contributed by atoms with Crippen molar-refractivity contribution in [2.45, 2.75) is 12.6 Å². The fourth-order valence-corrected chi connectivity index (χ4v) is 0.867. The lowest BCUT2D eigenvalue weighted by atomic mass is 10.2. The third-order valence-corrected chi connectivity index (χ3v) is 1.49. The molecule has 1 rings (SSSR count). The van der Waals surface area contributed by atoms with Gasteiger partial charge in [-0.2, -0.15) is 23.7 Å². The largest absolute Gasteiger partial charge is 0.420 e. The smallest absolute Gasteiger partial charge is 0.240 e. The van der Waals surface area contributed by atoms with Gasteiger partial charge in [-0.05, 0) is 0 Å². The summed E-state index contributed by atoms with van der Waals surface area (Å²) in [6.07, 6.45) is -4.37. The normalized spacial score (nSPS) is 10.5. The van der Waals surface area contributed by atoms with Crippen LogP contribution in [0, 0.1) is 22.7 Å². The number of hydrogen-bond donors (Lipinski definition) is 0. The van der Waals surface area contributed by atoms with Crippen molar-refractivity contribution >= 4 is 0 Å². The maximum atomic E-state index is 12.3. The van der Waals surface area contributed by atoms with E-state index in [1.165, 1.54) is 6.07 Å². The summed E-state index contributed by atoms with van der Waals surface area (Å²) in [6.45, 7) is 0. The fraction of sp³-hybridized carbons (Fsp3) is 0.250. The molecule has 7 heteroatoms. The summed E-state index contributed by atoms with van der Waals surface area (Å²) in [4.78, 5) is 6.67. The van der Waals surface area contributed by atoms with Gasteiger partial charge < -0.3 is 0 Å². The van der Waals surface area contributed by atoms with Crippen molar-refractivity contribution in [1.82, 2.24) is 9.97 Å². The first-order valence-electron chi connectivity index (χ1n) is 3.69. The summed E-state index contributed by atoms with van der Waals surface area (Å²) in [5.74, 6) is -0.0953. The molecule has 0 spiro atoms. The number of aromatic nitrogens is 2.